The molecular weight excluding hydrogens is 275 g/mol. The van der Waals surface area contributed by atoms with Gasteiger partial charge in [0.15, 0.2) is 0 Å². The summed E-state index contributed by atoms with van der Waals surface area (Å²) in [6, 6.07) is 7.39. The van der Waals surface area contributed by atoms with Gasteiger partial charge in [0.2, 0.25) is 5.79 Å². The van der Waals surface area contributed by atoms with E-state index in [-0.39, 0.29) is 36.4 Å². The fourth-order valence-corrected chi connectivity index (χ4v) is 1.68. The molecule has 4 nitrogen and oxygen atoms in total. The Kier molecular flexibility index (Phi) is 5.70. The fourth-order valence-electron chi connectivity index (χ4n) is 1.68. The fraction of sp³-hybridized carbons (Fsp3) is 0.167. The maximum Gasteiger partial charge on any atom is 0.224 e. The summed E-state index contributed by atoms with van der Waals surface area (Å²) in [6.07, 6.45) is 4.57. The number of anilines is 1. The molecule has 0 saturated carbocycles. The van der Waals surface area contributed by atoms with E-state index in [2.05, 4.69) is 0 Å². The lowest BCUT2D eigenvalue weighted by atomic mass is 9.91. The molecule has 0 aromatic heterocycles. The summed E-state index contributed by atoms with van der Waals surface area (Å²) in [4.78, 5) is 0. The maximum atomic E-state index is 9.41. The molecule has 1 unspecified atom stereocenters. The molecule has 0 aliphatic heterocycles. The molecule has 0 radical (unpaired) electrons. The van der Waals surface area contributed by atoms with Crippen molar-refractivity contribution in [1.82, 2.24) is 0 Å². The van der Waals surface area contributed by atoms with Gasteiger partial charge in [-0.1, -0.05) is 18.2 Å². The number of hydrogen-bond donors (Lipinski definition) is 4. The first-order valence-corrected chi connectivity index (χ1v) is 4.96. The van der Waals surface area contributed by atoms with Crippen molar-refractivity contribution in [2.45, 2.75) is 11.7 Å². The predicted molar refractivity (Wildman–Crippen MR) is 76.7 cm³/mol. The molecule has 1 aromatic rings. The average molecular weight is 291 g/mol. The van der Waals surface area contributed by atoms with E-state index in [9.17, 15) is 10.2 Å². The largest absolute Gasteiger partial charge is 0.399 e. The van der Waals surface area contributed by atoms with E-state index in [1.54, 1.807) is 18.2 Å². The van der Waals surface area contributed by atoms with Crippen LogP contribution in [0.4, 0.5) is 5.69 Å². The van der Waals surface area contributed by atoms with Crippen LogP contribution in [0.15, 0.2) is 48.2 Å². The zero-order valence-electron chi connectivity index (χ0n) is 9.48. The number of benzene rings is 1. The Bertz CT molecular complexity index is 473. The number of nitrogens with two attached hydrogens (primary N) is 2. The number of halogens is 2. The number of rotatable bonds is 1. The molecule has 0 heterocycles. The van der Waals surface area contributed by atoms with Crippen molar-refractivity contribution in [3.05, 3.63) is 53.8 Å². The molecule has 1 aliphatic carbocycles. The van der Waals surface area contributed by atoms with Gasteiger partial charge in [-0.3, -0.25) is 0 Å². The van der Waals surface area contributed by atoms with Crippen LogP contribution in [0.1, 0.15) is 11.5 Å². The van der Waals surface area contributed by atoms with Crippen molar-refractivity contribution in [2.75, 3.05) is 5.73 Å². The minimum absolute atomic E-state index is 0. The molecule has 0 bridgehead atoms. The Balaban J connectivity index is 0.00000144. The third-order valence-corrected chi connectivity index (χ3v) is 2.62. The van der Waals surface area contributed by atoms with E-state index < -0.39 is 5.79 Å². The molecule has 0 amide bonds. The van der Waals surface area contributed by atoms with Crippen molar-refractivity contribution in [3.63, 3.8) is 0 Å². The standard InChI is InChI=1S/C12H14N2O2.2ClH/c13-10-3-1-2-8(6-10)9-4-5-12(15,16)11(14)7-9;;/h1-7,9,15-16H,13-14H2;2*1H. The third kappa shape index (κ3) is 3.40. The van der Waals surface area contributed by atoms with E-state index in [0.29, 0.717) is 5.69 Å². The number of nitrogen functional groups attached to an aromatic ring is 1. The van der Waals surface area contributed by atoms with Gasteiger partial charge in [0.1, 0.15) is 0 Å². The Morgan fingerprint density at radius 3 is 2.33 bits per heavy atom. The highest BCUT2D eigenvalue weighted by Gasteiger charge is 2.27. The first-order chi connectivity index (χ1) is 7.49. The van der Waals surface area contributed by atoms with Crippen LogP contribution in [-0.2, 0) is 0 Å². The highest BCUT2D eigenvalue weighted by molar-refractivity contribution is 5.85. The molecule has 1 aromatic carbocycles. The van der Waals surface area contributed by atoms with Crippen LogP contribution in [0.2, 0.25) is 0 Å². The third-order valence-electron chi connectivity index (χ3n) is 2.62. The Morgan fingerprint density at radius 1 is 1.11 bits per heavy atom. The number of allylic oxidation sites excluding steroid dienone is 2. The minimum atomic E-state index is -2.03. The summed E-state index contributed by atoms with van der Waals surface area (Å²) in [5.41, 5.74) is 12.9. The van der Waals surface area contributed by atoms with Crippen LogP contribution in [0, 0.1) is 0 Å². The second-order valence-electron chi connectivity index (χ2n) is 3.90. The van der Waals surface area contributed by atoms with Crippen molar-refractivity contribution in [2.24, 2.45) is 5.73 Å². The van der Waals surface area contributed by atoms with Gasteiger partial charge in [-0.15, -0.1) is 24.8 Å². The van der Waals surface area contributed by atoms with Crippen LogP contribution in [0.25, 0.3) is 0 Å². The van der Waals surface area contributed by atoms with Crippen LogP contribution >= 0.6 is 24.8 Å². The number of hydrogen-bond acceptors (Lipinski definition) is 4. The molecular formula is C12H16Cl2N2O2. The molecule has 100 valence electrons. The van der Waals surface area contributed by atoms with Gasteiger partial charge in [-0.25, -0.2) is 0 Å². The van der Waals surface area contributed by atoms with E-state index in [1.807, 2.05) is 18.2 Å². The lowest BCUT2D eigenvalue weighted by Crippen LogP contribution is -2.35. The van der Waals surface area contributed by atoms with E-state index >= 15 is 0 Å². The van der Waals surface area contributed by atoms with Gasteiger partial charge < -0.3 is 21.7 Å². The Morgan fingerprint density at radius 2 is 1.78 bits per heavy atom. The van der Waals surface area contributed by atoms with Gasteiger partial charge in [0, 0.05) is 11.6 Å². The van der Waals surface area contributed by atoms with Crippen LogP contribution in [0.5, 0.6) is 0 Å². The molecule has 2 rings (SSSR count). The van der Waals surface area contributed by atoms with Crippen molar-refractivity contribution >= 4 is 30.5 Å². The lowest BCUT2D eigenvalue weighted by molar-refractivity contribution is -0.0870. The first-order valence-electron chi connectivity index (χ1n) is 4.96. The van der Waals surface area contributed by atoms with Crippen LogP contribution < -0.4 is 11.5 Å². The zero-order chi connectivity index (χ0) is 11.8. The van der Waals surface area contributed by atoms with E-state index in [0.717, 1.165) is 5.56 Å². The van der Waals surface area contributed by atoms with Gasteiger partial charge in [0.05, 0.1) is 5.70 Å². The summed E-state index contributed by atoms with van der Waals surface area (Å²) in [5, 5.41) is 18.8. The molecule has 0 fully saturated rings. The monoisotopic (exact) mass is 290 g/mol. The predicted octanol–water partition coefficient (Wildman–Crippen LogP) is 1.29. The zero-order valence-corrected chi connectivity index (χ0v) is 11.1. The van der Waals surface area contributed by atoms with Gasteiger partial charge in [-0.2, -0.15) is 0 Å². The molecule has 18 heavy (non-hydrogen) atoms. The second kappa shape index (κ2) is 6.11. The molecule has 1 aliphatic rings. The Hall–Kier alpha value is -1.20. The normalized spacial score (nSPS) is 20.3. The minimum Gasteiger partial charge on any atom is -0.399 e. The van der Waals surface area contributed by atoms with Crippen LogP contribution in [0.3, 0.4) is 0 Å². The maximum absolute atomic E-state index is 9.41. The molecule has 0 spiro atoms. The molecule has 6 N–H and O–H groups in total. The van der Waals surface area contributed by atoms with Crippen molar-refractivity contribution < 1.29 is 10.2 Å². The number of aliphatic hydroxyl groups is 2. The van der Waals surface area contributed by atoms with Crippen molar-refractivity contribution in [3.8, 4) is 0 Å². The van der Waals surface area contributed by atoms with E-state index in [1.165, 1.54) is 6.08 Å². The summed E-state index contributed by atoms with van der Waals surface area (Å²) in [6.45, 7) is 0. The van der Waals surface area contributed by atoms with Gasteiger partial charge in [0.25, 0.3) is 0 Å². The second-order valence-corrected chi connectivity index (χ2v) is 3.90. The average Bonchev–Trinajstić information content (AvgIpc) is 2.22. The summed E-state index contributed by atoms with van der Waals surface area (Å²) >= 11 is 0. The molecule has 6 heteroatoms. The highest BCUT2D eigenvalue weighted by atomic mass is 35.5. The topological polar surface area (TPSA) is 92.5 Å². The van der Waals surface area contributed by atoms with Crippen molar-refractivity contribution in [1.29, 1.82) is 0 Å². The molecule has 1 atom stereocenters. The summed E-state index contributed by atoms with van der Waals surface area (Å²) in [7, 11) is 0. The smallest absolute Gasteiger partial charge is 0.224 e. The summed E-state index contributed by atoms with van der Waals surface area (Å²) in [5.74, 6) is -2.10. The first kappa shape index (κ1) is 16.8. The van der Waals surface area contributed by atoms with Gasteiger partial charge >= 0.3 is 0 Å². The quantitative estimate of drug-likeness (QED) is 0.356. The summed E-state index contributed by atoms with van der Waals surface area (Å²) < 4.78 is 0. The van der Waals surface area contributed by atoms with Gasteiger partial charge in [-0.05, 0) is 29.8 Å². The Labute approximate surface area is 118 Å². The van der Waals surface area contributed by atoms with E-state index in [4.69, 9.17) is 11.5 Å². The van der Waals surface area contributed by atoms with Crippen LogP contribution in [-0.4, -0.2) is 16.0 Å². The lowest BCUT2D eigenvalue weighted by Gasteiger charge is -2.24. The molecule has 0 saturated heterocycles. The SMILES string of the molecule is Cl.Cl.NC1=CC(c2cccc(N)c2)C=CC1(O)O. The highest BCUT2D eigenvalue weighted by Crippen LogP contribution is 2.28.